The van der Waals surface area contributed by atoms with E-state index in [0.717, 1.165) is 18.6 Å². The van der Waals surface area contributed by atoms with Crippen molar-refractivity contribution in [3.63, 3.8) is 0 Å². The van der Waals surface area contributed by atoms with Crippen molar-refractivity contribution >= 4 is 11.8 Å². The summed E-state index contributed by atoms with van der Waals surface area (Å²) in [6, 6.07) is 1.96. The van der Waals surface area contributed by atoms with E-state index in [2.05, 4.69) is 10.3 Å². The van der Waals surface area contributed by atoms with Crippen molar-refractivity contribution < 1.29 is 18.0 Å². The topological polar surface area (TPSA) is 48.5 Å². The van der Waals surface area contributed by atoms with Gasteiger partial charge >= 0.3 is 12.2 Å². The molecule has 2 amide bonds. The number of carbonyl (C=O) groups is 1. The average molecular weight is 356 g/mol. The smallest absolute Gasteiger partial charge is 0.354 e. The number of pyridine rings is 1. The molecule has 0 saturated carbocycles. The third-order valence-corrected chi connectivity index (χ3v) is 4.69. The summed E-state index contributed by atoms with van der Waals surface area (Å²) in [4.78, 5) is 20.2. The van der Waals surface area contributed by atoms with E-state index >= 15 is 0 Å². The first-order valence-electron chi connectivity index (χ1n) is 8.41. The van der Waals surface area contributed by atoms with Gasteiger partial charge in [0.15, 0.2) is 0 Å². The largest absolute Gasteiger partial charge is 0.416 e. The van der Waals surface area contributed by atoms with Gasteiger partial charge in [-0.25, -0.2) is 9.78 Å². The van der Waals surface area contributed by atoms with Crippen LogP contribution in [0.25, 0.3) is 0 Å². The second-order valence-electron chi connectivity index (χ2n) is 7.80. The van der Waals surface area contributed by atoms with Crippen LogP contribution in [-0.2, 0) is 6.18 Å². The van der Waals surface area contributed by atoms with Crippen molar-refractivity contribution in [2.45, 2.75) is 44.9 Å². The Morgan fingerprint density at radius 2 is 2.00 bits per heavy atom. The average Bonchev–Trinajstić information content (AvgIpc) is 3.04. The molecule has 8 heteroatoms. The molecule has 25 heavy (non-hydrogen) atoms. The van der Waals surface area contributed by atoms with Crippen LogP contribution in [0, 0.1) is 5.92 Å². The van der Waals surface area contributed by atoms with Crippen LogP contribution in [0.15, 0.2) is 18.3 Å². The van der Waals surface area contributed by atoms with Gasteiger partial charge in [0, 0.05) is 37.3 Å². The van der Waals surface area contributed by atoms with Gasteiger partial charge in [0.05, 0.1) is 11.6 Å². The summed E-state index contributed by atoms with van der Waals surface area (Å²) in [6.07, 6.45) is -2.33. The minimum atomic E-state index is -4.38. The first-order valence-corrected chi connectivity index (χ1v) is 8.41. The van der Waals surface area contributed by atoms with Crippen LogP contribution in [0.3, 0.4) is 0 Å². The Morgan fingerprint density at radius 1 is 1.28 bits per heavy atom. The Kier molecular flexibility index (Phi) is 4.33. The first kappa shape index (κ1) is 17.8. The van der Waals surface area contributed by atoms with E-state index < -0.39 is 11.7 Å². The normalized spacial score (nSPS) is 23.8. The molecular weight excluding hydrogens is 333 g/mol. The molecule has 0 aliphatic carbocycles. The number of anilines is 1. The van der Waals surface area contributed by atoms with Crippen molar-refractivity contribution in [3.8, 4) is 0 Å². The van der Waals surface area contributed by atoms with E-state index in [1.807, 2.05) is 30.6 Å². The fraction of sp³-hybridized carbons (Fsp3) is 0.647. The molecule has 2 aliphatic rings. The van der Waals surface area contributed by atoms with Gasteiger partial charge < -0.3 is 15.1 Å². The van der Waals surface area contributed by atoms with Gasteiger partial charge in [-0.1, -0.05) is 0 Å². The summed E-state index contributed by atoms with van der Waals surface area (Å²) in [5, 5.41) is 2.96. The van der Waals surface area contributed by atoms with Crippen molar-refractivity contribution in [2.75, 3.05) is 24.5 Å². The van der Waals surface area contributed by atoms with Crippen LogP contribution < -0.4 is 10.2 Å². The molecule has 1 aromatic heterocycles. The highest BCUT2D eigenvalue weighted by Gasteiger charge is 2.44. The van der Waals surface area contributed by atoms with E-state index in [4.69, 9.17) is 0 Å². The highest BCUT2D eigenvalue weighted by Crippen LogP contribution is 2.36. The van der Waals surface area contributed by atoms with Crippen LogP contribution >= 0.6 is 0 Å². The molecule has 1 aromatic rings. The standard InChI is InChI=1S/C17H23F3N4O/c1-16(2,3)22-15(25)24-7-5-11-9-23(10-13(11)24)14-8-12(4-6-21-14)17(18,19)20/h4,6,8,11,13H,5,7,9-10H2,1-3H3,(H,22,25). The number of nitrogens with one attached hydrogen (secondary N) is 1. The van der Waals surface area contributed by atoms with Crippen LogP contribution in [0.2, 0.25) is 0 Å². The summed E-state index contributed by atoms with van der Waals surface area (Å²) >= 11 is 0. The van der Waals surface area contributed by atoms with Crippen LogP contribution in [0.1, 0.15) is 32.8 Å². The number of hydrogen-bond acceptors (Lipinski definition) is 3. The number of halogens is 3. The van der Waals surface area contributed by atoms with E-state index in [1.165, 1.54) is 6.20 Å². The minimum absolute atomic E-state index is 0.0127. The number of aromatic nitrogens is 1. The molecule has 0 bridgehead atoms. The van der Waals surface area contributed by atoms with Gasteiger partial charge in [-0.15, -0.1) is 0 Å². The maximum atomic E-state index is 12.9. The highest BCUT2D eigenvalue weighted by atomic mass is 19.4. The number of alkyl halides is 3. The zero-order valence-electron chi connectivity index (χ0n) is 14.6. The Labute approximate surface area is 145 Å². The van der Waals surface area contributed by atoms with Crippen molar-refractivity contribution in [1.82, 2.24) is 15.2 Å². The summed E-state index contributed by atoms with van der Waals surface area (Å²) < 4.78 is 38.7. The molecule has 2 saturated heterocycles. The molecule has 0 radical (unpaired) electrons. The Hall–Kier alpha value is -1.99. The van der Waals surface area contributed by atoms with E-state index in [0.29, 0.717) is 25.5 Å². The molecule has 138 valence electrons. The number of carbonyl (C=O) groups excluding carboxylic acids is 1. The second-order valence-corrected chi connectivity index (χ2v) is 7.80. The molecule has 2 atom stereocenters. The molecule has 0 aromatic carbocycles. The molecule has 3 rings (SSSR count). The summed E-state index contributed by atoms with van der Waals surface area (Å²) in [7, 11) is 0. The third-order valence-electron chi connectivity index (χ3n) is 4.69. The van der Waals surface area contributed by atoms with E-state index in [-0.39, 0.29) is 23.5 Å². The zero-order chi connectivity index (χ0) is 18.4. The molecular formula is C17H23F3N4O. The molecule has 5 nitrogen and oxygen atoms in total. The Morgan fingerprint density at radius 3 is 2.64 bits per heavy atom. The predicted octanol–water partition coefficient (Wildman–Crippen LogP) is 3.12. The lowest BCUT2D eigenvalue weighted by molar-refractivity contribution is -0.137. The lowest BCUT2D eigenvalue weighted by Gasteiger charge is -2.29. The first-order chi connectivity index (χ1) is 11.5. The van der Waals surface area contributed by atoms with Gasteiger partial charge in [-0.2, -0.15) is 13.2 Å². The number of amides is 2. The maximum Gasteiger partial charge on any atom is 0.416 e. The van der Waals surface area contributed by atoms with Crippen LogP contribution in [0.4, 0.5) is 23.8 Å². The Bertz CT molecular complexity index is 656. The molecule has 2 unspecified atom stereocenters. The monoisotopic (exact) mass is 356 g/mol. The molecule has 2 fully saturated rings. The number of likely N-dealkylation sites (tertiary alicyclic amines) is 1. The number of hydrogen-bond donors (Lipinski definition) is 1. The molecule has 0 spiro atoms. The number of urea groups is 1. The Balaban J connectivity index is 1.72. The number of rotatable bonds is 1. The van der Waals surface area contributed by atoms with Crippen LogP contribution in [0.5, 0.6) is 0 Å². The van der Waals surface area contributed by atoms with Crippen LogP contribution in [-0.4, -0.2) is 47.1 Å². The lowest BCUT2D eigenvalue weighted by Crippen LogP contribution is -2.51. The van der Waals surface area contributed by atoms with E-state index in [9.17, 15) is 18.0 Å². The summed E-state index contributed by atoms with van der Waals surface area (Å²) in [6.45, 7) is 7.58. The van der Waals surface area contributed by atoms with E-state index in [1.54, 1.807) is 0 Å². The minimum Gasteiger partial charge on any atom is -0.354 e. The number of nitrogens with zero attached hydrogens (tertiary/aromatic N) is 3. The highest BCUT2D eigenvalue weighted by molar-refractivity contribution is 5.76. The fourth-order valence-corrected chi connectivity index (χ4v) is 3.56. The van der Waals surface area contributed by atoms with Gasteiger partial charge in [0.25, 0.3) is 0 Å². The van der Waals surface area contributed by atoms with Crippen molar-refractivity contribution in [3.05, 3.63) is 23.9 Å². The van der Waals surface area contributed by atoms with Crippen molar-refractivity contribution in [2.24, 2.45) is 5.92 Å². The predicted molar refractivity (Wildman–Crippen MR) is 88.3 cm³/mol. The van der Waals surface area contributed by atoms with Crippen molar-refractivity contribution in [1.29, 1.82) is 0 Å². The molecule has 2 aliphatic heterocycles. The lowest BCUT2D eigenvalue weighted by atomic mass is 10.1. The zero-order valence-corrected chi connectivity index (χ0v) is 14.6. The van der Waals surface area contributed by atoms with Gasteiger partial charge in [-0.05, 0) is 39.3 Å². The maximum absolute atomic E-state index is 12.9. The van der Waals surface area contributed by atoms with Gasteiger partial charge in [0.2, 0.25) is 0 Å². The quantitative estimate of drug-likeness (QED) is 0.841. The van der Waals surface area contributed by atoms with Gasteiger partial charge in [0.1, 0.15) is 5.82 Å². The fourth-order valence-electron chi connectivity index (χ4n) is 3.56. The second kappa shape index (κ2) is 6.07. The summed E-state index contributed by atoms with van der Waals surface area (Å²) in [5.74, 6) is 0.586. The SMILES string of the molecule is CC(C)(C)NC(=O)N1CCC2CN(c3cc(C(F)(F)F)ccn3)CC21. The number of fused-ring (bicyclic) bond motifs is 1. The molecule has 1 N–H and O–H groups in total. The third kappa shape index (κ3) is 3.82. The van der Waals surface area contributed by atoms with Gasteiger partial charge in [-0.3, -0.25) is 0 Å². The summed E-state index contributed by atoms with van der Waals surface area (Å²) in [5.41, 5.74) is -1.02. The molecule has 3 heterocycles.